The van der Waals surface area contributed by atoms with E-state index in [1.807, 2.05) is 47.4 Å². The Morgan fingerprint density at radius 1 is 1.10 bits per heavy atom. The highest BCUT2D eigenvalue weighted by Gasteiger charge is 2.30. The van der Waals surface area contributed by atoms with E-state index in [2.05, 4.69) is 20.9 Å². The normalized spacial score (nSPS) is 18.0. The molecule has 3 nitrogen and oxygen atoms in total. The van der Waals surface area contributed by atoms with Gasteiger partial charge in [0.15, 0.2) is 5.96 Å². The molecule has 0 fully saturated rings. The molecule has 6 heteroatoms. The van der Waals surface area contributed by atoms with Crippen LogP contribution in [0.1, 0.15) is 11.6 Å². The maximum Gasteiger partial charge on any atom is 0.196 e. The van der Waals surface area contributed by atoms with Crippen molar-refractivity contribution in [1.82, 2.24) is 0 Å². The van der Waals surface area contributed by atoms with Gasteiger partial charge in [0, 0.05) is 20.2 Å². The van der Waals surface area contributed by atoms with E-state index in [9.17, 15) is 0 Å². The molecule has 1 atom stereocenters. The van der Waals surface area contributed by atoms with Crippen molar-refractivity contribution >= 4 is 50.8 Å². The third-order valence-electron chi connectivity index (χ3n) is 3.41. The molecule has 0 amide bonds. The van der Waals surface area contributed by atoms with Crippen LogP contribution >= 0.6 is 39.1 Å². The molecule has 3 rings (SSSR count). The number of aliphatic imine (C=N–C) groups is 1. The minimum Gasteiger partial charge on any atom is -0.369 e. The van der Waals surface area contributed by atoms with Crippen LogP contribution in [0.25, 0.3) is 0 Å². The van der Waals surface area contributed by atoms with Gasteiger partial charge in [0.25, 0.3) is 0 Å². The maximum absolute atomic E-state index is 6.06. The van der Waals surface area contributed by atoms with E-state index >= 15 is 0 Å². The predicted molar refractivity (Wildman–Crippen MR) is 92.3 cm³/mol. The van der Waals surface area contributed by atoms with Gasteiger partial charge in [-0.25, -0.2) is 0 Å². The smallest absolute Gasteiger partial charge is 0.196 e. The fourth-order valence-electron chi connectivity index (χ4n) is 2.42. The third-order valence-corrected chi connectivity index (χ3v) is 4.58. The Morgan fingerprint density at radius 2 is 1.76 bits per heavy atom. The zero-order valence-corrected chi connectivity index (χ0v) is 14.0. The summed E-state index contributed by atoms with van der Waals surface area (Å²) < 4.78 is 0.948. The Bertz CT molecular complexity index is 701. The first kappa shape index (κ1) is 14.7. The van der Waals surface area contributed by atoms with Crippen LogP contribution < -0.4 is 10.6 Å². The summed E-state index contributed by atoms with van der Waals surface area (Å²) in [6.07, 6.45) is 0. The molecule has 2 aromatic carbocycles. The second-order valence-electron chi connectivity index (χ2n) is 4.73. The van der Waals surface area contributed by atoms with Gasteiger partial charge in [-0.3, -0.25) is 4.99 Å². The van der Waals surface area contributed by atoms with Crippen LogP contribution in [0.4, 0.5) is 5.69 Å². The zero-order chi connectivity index (χ0) is 15.0. The Hall–Kier alpha value is -1.23. The number of nitrogens with two attached hydrogens (primary N) is 1. The summed E-state index contributed by atoms with van der Waals surface area (Å²) >= 11 is 15.5. The summed E-state index contributed by atoms with van der Waals surface area (Å²) in [6.45, 7) is 0.606. The first-order valence-corrected chi connectivity index (χ1v) is 7.91. The number of nitrogens with zero attached hydrogens (tertiary/aromatic N) is 2. The first-order chi connectivity index (χ1) is 10.1. The lowest BCUT2D eigenvalue weighted by Gasteiger charge is -2.27. The van der Waals surface area contributed by atoms with Crippen molar-refractivity contribution in [2.45, 2.75) is 6.04 Å². The lowest BCUT2D eigenvalue weighted by molar-refractivity contribution is 0.765. The van der Waals surface area contributed by atoms with Crippen molar-refractivity contribution in [2.75, 3.05) is 11.4 Å². The Balaban J connectivity index is 2.00. The highest BCUT2D eigenvalue weighted by Crippen LogP contribution is 2.36. The molecule has 0 radical (unpaired) electrons. The summed E-state index contributed by atoms with van der Waals surface area (Å²) in [5.41, 5.74) is 8.12. The lowest BCUT2D eigenvalue weighted by atomic mass is 10.1. The van der Waals surface area contributed by atoms with Crippen molar-refractivity contribution in [1.29, 1.82) is 0 Å². The molecule has 108 valence electrons. The van der Waals surface area contributed by atoms with Crippen molar-refractivity contribution in [3.63, 3.8) is 0 Å². The summed E-state index contributed by atoms with van der Waals surface area (Å²) in [4.78, 5) is 6.38. The Labute approximate surface area is 141 Å². The molecule has 1 aliphatic heterocycles. The van der Waals surface area contributed by atoms with Crippen LogP contribution in [-0.4, -0.2) is 12.5 Å². The van der Waals surface area contributed by atoms with Gasteiger partial charge < -0.3 is 10.6 Å². The average molecular weight is 385 g/mol. The average Bonchev–Trinajstić information content (AvgIpc) is 2.82. The van der Waals surface area contributed by atoms with Crippen molar-refractivity contribution in [3.8, 4) is 0 Å². The molecule has 0 spiro atoms. The number of guanidine groups is 1. The molecule has 2 aromatic rings. The van der Waals surface area contributed by atoms with Crippen LogP contribution in [0.5, 0.6) is 0 Å². The van der Waals surface area contributed by atoms with E-state index in [0.29, 0.717) is 22.5 Å². The molecule has 2 N–H and O–H groups in total. The largest absolute Gasteiger partial charge is 0.369 e. The van der Waals surface area contributed by atoms with Gasteiger partial charge >= 0.3 is 0 Å². The third kappa shape index (κ3) is 2.89. The number of halogens is 3. The minimum atomic E-state index is 0.0396. The number of anilines is 1. The van der Waals surface area contributed by atoms with Crippen LogP contribution in [0.2, 0.25) is 10.0 Å². The summed E-state index contributed by atoms with van der Waals surface area (Å²) in [6, 6.07) is 13.3. The Kier molecular flexibility index (Phi) is 4.11. The van der Waals surface area contributed by atoms with Crippen LogP contribution in [0.15, 0.2) is 51.9 Å². The van der Waals surface area contributed by atoms with Crippen LogP contribution in [-0.2, 0) is 0 Å². The van der Waals surface area contributed by atoms with Crippen LogP contribution in [0, 0.1) is 0 Å². The molecule has 0 aromatic heterocycles. The number of hydrogen-bond donors (Lipinski definition) is 1. The lowest BCUT2D eigenvalue weighted by Crippen LogP contribution is -2.36. The highest BCUT2D eigenvalue weighted by molar-refractivity contribution is 9.10. The van der Waals surface area contributed by atoms with E-state index < -0.39 is 0 Å². The Morgan fingerprint density at radius 3 is 2.43 bits per heavy atom. The SMILES string of the molecule is NC1=NCC(c2ccc(Cl)cc2Br)N1c1ccc(Cl)cc1. The topological polar surface area (TPSA) is 41.6 Å². The molecule has 1 heterocycles. The predicted octanol–water partition coefficient (Wildman–Crippen LogP) is 4.63. The fraction of sp³-hybridized carbons (Fsp3) is 0.133. The zero-order valence-electron chi connectivity index (χ0n) is 10.9. The van der Waals surface area contributed by atoms with Gasteiger partial charge in [0.05, 0.1) is 12.6 Å². The molecule has 0 saturated heterocycles. The van der Waals surface area contributed by atoms with Crippen molar-refractivity contribution in [3.05, 3.63) is 62.5 Å². The molecule has 0 saturated carbocycles. The van der Waals surface area contributed by atoms with Crippen molar-refractivity contribution < 1.29 is 0 Å². The van der Waals surface area contributed by atoms with E-state index in [0.717, 1.165) is 15.7 Å². The van der Waals surface area contributed by atoms with Crippen LogP contribution in [0.3, 0.4) is 0 Å². The first-order valence-electron chi connectivity index (χ1n) is 6.36. The van der Waals surface area contributed by atoms with E-state index in [-0.39, 0.29) is 6.04 Å². The summed E-state index contributed by atoms with van der Waals surface area (Å²) in [5.74, 6) is 0.504. The number of benzene rings is 2. The maximum atomic E-state index is 6.06. The minimum absolute atomic E-state index is 0.0396. The van der Waals surface area contributed by atoms with Gasteiger partial charge in [0.2, 0.25) is 0 Å². The van der Waals surface area contributed by atoms with Crippen molar-refractivity contribution in [2.24, 2.45) is 10.7 Å². The highest BCUT2D eigenvalue weighted by atomic mass is 79.9. The van der Waals surface area contributed by atoms with E-state index in [1.54, 1.807) is 0 Å². The van der Waals surface area contributed by atoms with E-state index in [1.165, 1.54) is 0 Å². The molecular formula is C15H12BrCl2N3. The molecule has 0 bridgehead atoms. The van der Waals surface area contributed by atoms with Gasteiger partial charge in [-0.15, -0.1) is 0 Å². The second kappa shape index (κ2) is 5.87. The number of hydrogen-bond acceptors (Lipinski definition) is 3. The summed E-state index contributed by atoms with van der Waals surface area (Å²) in [5, 5.41) is 1.38. The molecule has 1 unspecified atom stereocenters. The molecule has 0 aliphatic carbocycles. The standard InChI is InChI=1S/C15H12BrCl2N3/c16-13-7-10(18)3-6-12(13)14-8-20-15(19)21(14)11-4-1-9(17)2-5-11/h1-7,14H,8H2,(H2,19,20). The fourth-order valence-corrected chi connectivity index (χ4v) is 3.49. The quantitative estimate of drug-likeness (QED) is 0.819. The number of rotatable bonds is 2. The van der Waals surface area contributed by atoms with Gasteiger partial charge in [-0.05, 0) is 42.0 Å². The van der Waals surface area contributed by atoms with E-state index in [4.69, 9.17) is 28.9 Å². The molecular weight excluding hydrogens is 373 g/mol. The second-order valence-corrected chi connectivity index (χ2v) is 6.45. The molecule has 1 aliphatic rings. The van der Waals surface area contributed by atoms with Gasteiger partial charge in [-0.2, -0.15) is 0 Å². The van der Waals surface area contributed by atoms with Gasteiger partial charge in [0.1, 0.15) is 0 Å². The monoisotopic (exact) mass is 383 g/mol. The van der Waals surface area contributed by atoms with Gasteiger partial charge in [-0.1, -0.05) is 45.2 Å². The summed E-state index contributed by atoms with van der Waals surface area (Å²) in [7, 11) is 0. The molecule has 21 heavy (non-hydrogen) atoms.